The minimum absolute atomic E-state index is 0.00767. The molecule has 34 heavy (non-hydrogen) atoms. The van der Waals surface area contributed by atoms with E-state index in [1.807, 2.05) is 6.92 Å². The second-order valence-electron chi connectivity index (χ2n) is 8.03. The summed E-state index contributed by atoms with van der Waals surface area (Å²) in [7, 11) is -0.957. The van der Waals surface area contributed by atoms with Gasteiger partial charge in [-0.25, -0.2) is 17.4 Å². The number of rotatable bonds is 6. The molecule has 180 valence electrons. The average molecular weight is 486 g/mol. The topological polar surface area (TPSA) is 130 Å². The number of benzene rings is 2. The van der Waals surface area contributed by atoms with E-state index in [0.717, 1.165) is 4.31 Å². The number of fused-ring (bicyclic) bond motifs is 1. The van der Waals surface area contributed by atoms with Crippen molar-refractivity contribution in [2.24, 2.45) is 0 Å². The van der Waals surface area contributed by atoms with Crippen LogP contribution in [0.25, 0.3) is 10.8 Å². The molecule has 0 bridgehead atoms. The molecule has 0 aliphatic heterocycles. The lowest BCUT2D eigenvalue weighted by atomic mass is 10.1. The second-order valence-corrected chi connectivity index (χ2v) is 10.2. The van der Waals surface area contributed by atoms with E-state index in [4.69, 9.17) is 0 Å². The van der Waals surface area contributed by atoms with Gasteiger partial charge in [-0.3, -0.25) is 25.2 Å². The van der Waals surface area contributed by atoms with Gasteiger partial charge >= 0.3 is 0 Å². The maximum Gasteiger partial charge on any atom is 0.290 e. The van der Waals surface area contributed by atoms with Crippen LogP contribution in [0.3, 0.4) is 0 Å². The Morgan fingerprint density at radius 1 is 1.03 bits per heavy atom. The molecule has 1 aromatic heterocycles. The monoisotopic (exact) mass is 485 g/mol. The number of hydrogen-bond acceptors (Lipinski definition) is 6. The number of nitrogens with zero attached hydrogens (tertiary/aromatic N) is 3. The molecule has 10 nitrogen and oxygen atoms in total. The Bertz CT molecular complexity index is 1440. The molecule has 0 atom stereocenters. The molecule has 2 amide bonds. The van der Waals surface area contributed by atoms with Crippen LogP contribution >= 0.6 is 0 Å². The lowest BCUT2D eigenvalue weighted by Gasteiger charge is -2.17. The molecule has 2 N–H and O–H groups in total. The highest BCUT2D eigenvalue weighted by atomic mass is 32.2. The molecular weight excluding hydrogens is 458 g/mol. The van der Waals surface area contributed by atoms with E-state index in [-0.39, 0.29) is 21.7 Å². The Kier molecular flexibility index (Phi) is 7.18. The fourth-order valence-electron chi connectivity index (χ4n) is 3.43. The fraction of sp³-hybridized carbons (Fsp3) is 0.304. The van der Waals surface area contributed by atoms with Crippen molar-refractivity contribution in [3.63, 3.8) is 0 Å². The van der Waals surface area contributed by atoms with Gasteiger partial charge in [0.25, 0.3) is 17.4 Å². The van der Waals surface area contributed by atoms with Crippen LogP contribution in [-0.2, 0) is 16.6 Å². The molecule has 3 aromatic rings. The van der Waals surface area contributed by atoms with Crippen LogP contribution in [0.2, 0.25) is 0 Å². The Balaban J connectivity index is 1.91. The van der Waals surface area contributed by atoms with E-state index < -0.39 is 21.8 Å². The summed E-state index contributed by atoms with van der Waals surface area (Å²) in [4.78, 5) is 38.3. The molecular formula is C23H27N5O5S. The number of amides is 2. The maximum absolute atomic E-state index is 12.9. The molecule has 0 spiro atoms. The third kappa shape index (κ3) is 4.70. The van der Waals surface area contributed by atoms with Gasteiger partial charge in [0.05, 0.1) is 10.3 Å². The van der Waals surface area contributed by atoms with Gasteiger partial charge in [-0.15, -0.1) is 0 Å². The van der Waals surface area contributed by atoms with E-state index in [2.05, 4.69) is 16.0 Å². The van der Waals surface area contributed by atoms with Gasteiger partial charge in [0.15, 0.2) is 5.69 Å². The van der Waals surface area contributed by atoms with Gasteiger partial charge in [-0.05, 0) is 49.6 Å². The van der Waals surface area contributed by atoms with E-state index in [9.17, 15) is 22.8 Å². The van der Waals surface area contributed by atoms with Crippen LogP contribution in [0, 0.1) is 13.8 Å². The van der Waals surface area contributed by atoms with Crippen LogP contribution < -0.4 is 16.4 Å². The van der Waals surface area contributed by atoms with E-state index >= 15 is 0 Å². The van der Waals surface area contributed by atoms with Crippen LogP contribution in [0.5, 0.6) is 0 Å². The van der Waals surface area contributed by atoms with Crippen molar-refractivity contribution >= 4 is 32.6 Å². The van der Waals surface area contributed by atoms with Gasteiger partial charge in [-0.1, -0.05) is 25.1 Å². The van der Waals surface area contributed by atoms with Gasteiger partial charge in [0, 0.05) is 31.6 Å². The highest BCUT2D eigenvalue weighted by Crippen LogP contribution is 2.23. The van der Waals surface area contributed by atoms with Crippen molar-refractivity contribution in [3.8, 4) is 0 Å². The molecule has 3 rings (SSSR count). The summed E-state index contributed by atoms with van der Waals surface area (Å²) in [6.07, 6.45) is 0.647. The first kappa shape index (κ1) is 25.1. The molecule has 11 heteroatoms. The molecule has 0 saturated carbocycles. The lowest BCUT2D eigenvalue weighted by Crippen LogP contribution is -2.43. The number of hydrogen-bond donors (Lipinski definition) is 2. The van der Waals surface area contributed by atoms with Gasteiger partial charge in [0.2, 0.25) is 10.0 Å². The molecule has 0 unspecified atom stereocenters. The molecule has 0 saturated heterocycles. The van der Waals surface area contributed by atoms with Crippen LogP contribution in [-0.4, -0.2) is 48.4 Å². The summed E-state index contributed by atoms with van der Waals surface area (Å²) in [6, 6.07) is 9.42. The van der Waals surface area contributed by atoms with E-state index in [1.54, 1.807) is 44.2 Å². The first-order chi connectivity index (χ1) is 16.0. The average Bonchev–Trinajstić information content (AvgIpc) is 2.80. The van der Waals surface area contributed by atoms with Crippen molar-refractivity contribution in [2.75, 3.05) is 14.1 Å². The Morgan fingerprint density at radius 3 is 2.26 bits per heavy atom. The maximum atomic E-state index is 12.9. The molecule has 2 aromatic carbocycles. The summed E-state index contributed by atoms with van der Waals surface area (Å²) in [5.41, 5.74) is 5.52. The number of sulfonamides is 1. The van der Waals surface area contributed by atoms with Crippen molar-refractivity contribution in [3.05, 3.63) is 69.1 Å². The van der Waals surface area contributed by atoms with Gasteiger partial charge in [-0.2, -0.15) is 5.10 Å². The molecule has 0 fully saturated rings. The predicted octanol–water partition coefficient (Wildman–Crippen LogP) is 1.75. The summed E-state index contributed by atoms with van der Waals surface area (Å²) < 4.78 is 27.6. The quantitative estimate of drug-likeness (QED) is 0.512. The van der Waals surface area contributed by atoms with Crippen molar-refractivity contribution in [1.29, 1.82) is 0 Å². The second kappa shape index (κ2) is 9.74. The Hall–Kier alpha value is -3.57. The first-order valence-electron chi connectivity index (χ1n) is 10.6. The van der Waals surface area contributed by atoms with Crippen molar-refractivity contribution < 1.29 is 18.0 Å². The standard InChI is InChI=1S/C23H27N5O5S/c1-6-11-28-23(31)18-10-8-7-9-17(18)20(26-28)22(30)25-24-21(29)16-12-14(2)15(3)19(13-16)34(32,33)27(4)5/h7-10,12-13H,6,11H2,1-5H3,(H,24,29)(H,25,30). The fourth-order valence-corrected chi connectivity index (χ4v) is 4.65. The number of aromatic nitrogens is 2. The number of carbonyl (C=O) groups is 2. The zero-order valence-corrected chi connectivity index (χ0v) is 20.5. The number of hydrazine groups is 1. The van der Waals surface area contributed by atoms with Crippen LogP contribution in [0.4, 0.5) is 0 Å². The lowest BCUT2D eigenvalue weighted by molar-refractivity contribution is 0.0843. The van der Waals surface area contributed by atoms with Crippen molar-refractivity contribution in [1.82, 2.24) is 24.9 Å². The highest BCUT2D eigenvalue weighted by molar-refractivity contribution is 7.89. The largest absolute Gasteiger partial charge is 0.290 e. The van der Waals surface area contributed by atoms with Crippen LogP contribution in [0.1, 0.15) is 45.3 Å². The molecule has 0 radical (unpaired) electrons. The summed E-state index contributed by atoms with van der Waals surface area (Å²) in [5, 5.41) is 4.89. The van der Waals surface area contributed by atoms with Crippen LogP contribution in [0.15, 0.2) is 46.1 Å². The van der Waals surface area contributed by atoms with Gasteiger partial charge < -0.3 is 0 Å². The van der Waals surface area contributed by atoms with Crippen molar-refractivity contribution in [2.45, 2.75) is 38.6 Å². The molecule has 0 aliphatic carbocycles. The number of nitrogens with one attached hydrogen (secondary N) is 2. The molecule has 1 heterocycles. The van der Waals surface area contributed by atoms with E-state index in [0.29, 0.717) is 34.9 Å². The normalized spacial score (nSPS) is 11.6. The van der Waals surface area contributed by atoms with E-state index in [1.165, 1.54) is 24.8 Å². The predicted molar refractivity (Wildman–Crippen MR) is 128 cm³/mol. The summed E-state index contributed by atoms with van der Waals surface area (Å²) in [5.74, 6) is -1.41. The summed E-state index contributed by atoms with van der Waals surface area (Å²) in [6.45, 7) is 5.59. The SMILES string of the molecule is CCCn1nc(C(=O)NNC(=O)c2cc(C)c(C)c(S(=O)(=O)N(C)C)c2)c2ccccc2c1=O. The Labute approximate surface area is 197 Å². The zero-order valence-electron chi connectivity index (χ0n) is 19.7. The minimum Gasteiger partial charge on any atom is -0.267 e. The highest BCUT2D eigenvalue weighted by Gasteiger charge is 2.23. The molecule has 0 aliphatic rings. The third-order valence-electron chi connectivity index (χ3n) is 5.45. The minimum atomic E-state index is -3.78. The summed E-state index contributed by atoms with van der Waals surface area (Å²) >= 11 is 0. The van der Waals surface area contributed by atoms with Gasteiger partial charge in [0.1, 0.15) is 0 Å². The number of aryl methyl sites for hydroxylation is 2. The first-order valence-corrected chi connectivity index (χ1v) is 12.1. The number of carbonyl (C=O) groups excluding carboxylic acids is 2. The third-order valence-corrected chi connectivity index (χ3v) is 7.39. The Morgan fingerprint density at radius 2 is 1.65 bits per heavy atom. The smallest absolute Gasteiger partial charge is 0.267 e. The zero-order chi connectivity index (χ0) is 25.2.